The van der Waals surface area contributed by atoms with Crippen LogP contribution in [0.2, 0.25) is 0 Å². The first kappa shape index (κ1) is 19.1. The molecule has 0 saturated heterocycles. The highest BCUT2D eigenvalue weighted by molar-refractivity contribution is 8.18. The fourth-order valence-corrected chi connectivity index (χ4v) is 4.10. The number of aliphatic hydroxyl groups excluding tert-OH is 1. The largest absolute Gasteiger partial charge is 0.506 e. The Balaban J connectivity index is 1.75. The quantitative estimate of drug-likeness (QED) is 0.733. The molecular weight excluding hydrogens is 390 g/mol. The van der Waals surface area contributed by atoms with Crippen LogP contribution in [0.25, 0.3) is 6.08 Å². The maximum atomic E-state index is 12.3. The van der Waals surface area contributed by atoms with Gasteiger partial charge in [0.2, 0.25) is 6.79 Å². The minimum Gasteiger partial charge on any atom is -0.506 e. The Bertz CT molecular complexity index is 1070. The maximum absolute atomic E-state index is 12.3. The third-order valence-electron chi connectivity index (χ3n) is 4.57. The summed E-state index contributed by atoms with van der Waals surface area (Å²) in [6.07, 6.45) is 2.58. The van der Waals surface area contributed by atoms with E-state index < -0.39 is 5.97 Å². The molecule has 2 heterocycles. The number of hydrogen-bond donors (Lipinski definition) is 1. The molecule has 6 nitrogen and oxygen atoms in total. The highest BCUT2D eigenvalue weighted by Crippen LogP contribution is 2.41. The number of carbonyl (C=O) groups excluding carboxylic acids is 1. The van der Waals surface area contributed by atoms with E-state index in [4.69, 9.17) is 14.2 Å². The molecule has 0 atom stereocenters. The zero-order chi connectivity index (χ0) is 20.4. The molecule has 2 aliphatic heterocycles. The molecule has 0 spiro atoms. The van der Waals surface area contributed by atoms with Gasteiger partial charge in [0.05, 0.1) is 17.7 Å². The lowest BCUT2D eigenvalue weighted by atomic mass is 10.1. The molecule has 2 aliphatic rings. The van der Waals surface area contributed by atoms with Crippen molar-refractivity contribution in [3.63, 3.8) is 0 Å². The first-order valence-electron chi connectivity index (χ1n) is 9.08. The maximum Gasteiger partial charge on any atom is 0.344 e. The molecule has 2 aromatic rings. The van der Waals surface area contributed by atoms with Crippen molar-refractivity contribution in [2.45, 2.75) is 13.3 Å². The van der Waals surface area contributed by atoms with E-state index in [9.17, 15) is 9.90 Å². The number of benzene rings is 2. The number of fused-ring (bicyclic) bond motifs is 1. The number of aryl methyl sites for hydroxylation is 1. The number of hydrogen-bond acceptors (Lipinski definition) is 7. The Hall–Kier alpha value is -3.19. The van der Waals surface area contributed by atoms with Crippen molar-refractivity contribution >= 4 is 34.5 Å². The molecule has 7 heteroatoms. The predicted molar refractivity (Wildman–Crippen MR) is 113 cm³/mol. The summed E-state index contributed by atoms with van der Waals surface area (Å²) in [5.41, 5.74) is 2.69. The highest BCUT2D eigenvalue weighted by atomic mass is 32.2. The summed E-state index contributed by atoms with van der Waals surface area (Å²) in [6, 6.07) is 13.2. The second-order valence-electron chi connectivity index (χ2n) is 6.34. The van der Waals surface area contributed by atoms with Gasteiger partial charge in [-0.05, 0) is 41.8 Å². The van der Waals surface area contributed by atoms with Gasteiger partial charge in [0.1, 0.15) is 16.4 Å². The average Bonchev–Trinajstić information content (AvgIpc) is 3.32. The lowest BCUT2D eigenvalue weighted by Gasteiger charge is -2.05. The van der Waals surface area contributed by atoms with E-state index >= 15 is 0 Å². The van der Waals surface area contributed by atoms with E-state index in [1.807, 2.05) is 49.4 Å². The first-order valence-corrected chi connectivity index (χ1v) is 9.90. The molecule has 0 radical (unpaired) electrons. The second-order valence-corrected chi connectivity index (χ2v) is 7.37. The molecule has 4 rings (SSSR count). The Labute approximate surface area is 172 Å². The number of carbonyl (C=O) groups is 1. The Morgan fingerprint density at radius 1 is 1.24 bits per heavy atom. The van der Waals surface area contributed by atoms with Crippen LogP contribution in [0.4, 0.5) is 5.69 Å². The lowest BCUT2D eigenvalue weighted by molar-refractivity contribution is -0.135. The average molecular weight is 409 g/mol. The van der Waals surface area contributed by atoms with Crippen LogP contribution in [0.5, 0.6) is 11.5 Å². The van der Waals surface area contributed by atoms with Crippen molar-refractivity contribution in [3.8, 4) is 11.5 Å². The lowest BCUT2D eigenvalue weighted by Crippen LogP contribution is -2.10. The number of rotatable bonds is 4. The number of nitrogens with zero attached hydrogens (tertiary/aromatic N) is 1. The van der Waals surface area contributed by atoms with Crippen LogP contribution in [-0.4, -0.2) is 30.0 Å². The summed E-state index contributed by atoms with van der Waals surface area (Å²) < 4.78 is 15.6. The van der Waals surface area contributed by atoms with E-state index in [2.05, 4.69) is 4.99 Å². The molecule has 0 saturated carbocycles. The second kappa shape index (κ2) is 8.05. The van der Waals surface area contributed by atoms with Gasteiger partial charge in [-0.2, -0.15) is 0 Å². The molecule has 2 aromatic carbocycles. The number of esters is 1. The van der Waals surface area contributed by atoms with E-state index in [0.717, 1.165) is 23.2 Å². The Morgan fingerprint density at radius 3 is 2.83 bits per heavy atom. The fourth-order valence-electron chi connectivity index (χ4n) is 3.07. The van der Waals surface area contributed by atoms with Crippen LogP contribution in [0.1, 0.15) is 18.1 Å². The van der Waals surface area contributed by atoms with Crippen molar-refractivity contribution in [3.05, 3.63) is 69.8 Å². The van der Waals surface area contributed by atoms with Crippen LogP contribution < -0.4 is 9.47 Å². The molecule has 0 unspecified atom stereocenters. The van der Waals surface area contributed by atoms with E-state index in [1.165, 1.54) is 18.9 Å². The molecule has 29 heavy (non-hydrogen) atoms. The number of aliphatic hydroxyl groups is 1. The van der Waals surface area contributed by atoms with E-state index in [-0.39, 0.29) is 18.1 Å². The fraction of sp³-hybridized carbons (Fsp3) is 0.182. The molecule has 1 N–H and O–H groups in total. The van der Waals surface area contributed by atoms with Crippen molar-refractivity contribution in [1.29, 1.82) is 0 Å². The van der Waals surface area contributed by atoms with Crippen LogP contribution >= 0.6 is 11.8 Å². The van der Waals surface area contributed by atoms with Gasteiger partial charge in [0.25, 0.3) is 0 Å². The van der Waals surface area contributed by atoms with Gasteiger partial charge in [0.15, 0.2) is 11.5 Å². The van der Waals surface area contributed by atoms with Gasteiger partial charge >= 0.3 is 5.97 Å². The molecule has 0 amide bonds. The summed E-state index contributed by atoms with van der Waals surface area (Å²) in [5, 5.41) is 11.1. The van der Waals surface area contributed by atoms with Crippen molar-refractivity contribution in [2.24, 2.45) is 4.99 Å². The summed E-state index contributed by atoms with van der Waals surface area (Å²) >= 11 is 1.23. The summed E-state index contributed by atoms with van der Waals surface area (Å²) in [6.45, 7) is 2.23. The smallest absolute Gasteiger partial charge is 0.344 e. The summed E-state index contributed by atoms with van der Waals surface area (Å²) in [5.74, 6) is 0.550. The van der Waals surface area contributed by atoms with Gasteiger partial charge in [-0.15, -0.1) is 0 Å². The van der Waals surface area contributed by atoms with Crippen LogP contribution in [-0.2, 0) is 16.0 Å². The Morgan fingerprint density at radius 2 is 2.03 bits per heavy atom. The first-order chi connectivity index (χ1) is 14.1. The van der Waals surface area contributed by atoms with Crippen molar-refractivity contribution < 1.29 is 24.1 Å². The van der Waals surface area contributed by atoms with Gasteiger partial charge in [-0.1, -0.05) is 43.0 Å². The van der Waals surface area contributed by atoms with Gasteiger partial charge in [0, 0.05) is 0 Å². The van der Waals surface area contributed by atoms with Gasteiger partial charge in [-0.3, -0.25) is 0 Å². The van der Waals surface area contributed by atoms with Crippen LogP contribution in [0.3, 0.4) is 0 Å². The molecular formula is C22H19NO5S. The monoisotopic (exact) mass is 409 g/mol. The Kier molecular flexibility index (Phi) is 5.31. The number of aliphatic imine (C=N–C) groups is 1. The zero-order valence-corrected chi connectivity index (χ0v) is 16.8. The van der Waals surface area contributed by atoms with Crippen molar-refractivity contribution in [2.75, 3.05) is 13.9 Å². The molecule has 148 valence electrons. The minimum atomic E-state index is -0.628. The van der Waals surface area contributed by atoms with Gasteiger partial charge < -0.3 is 19.3 Å². The summed E-state index contributed by atoms with van der Waals surface area (Å²) in [7, 11) is 1.28. The van der Waals surface area contributed by atoms with E-state index in [0.29, 0.717) is 21.4 Å². The van der Waals surface area contributed by atoms with E-state index in [1.54, 1.807) is 6.08 Å². The highest BCUT2D eigenvalue weighted by Gasteiger charge is 2.33. The van der Waals surface area contributed by atoms with Crippen LogP contribution in [0.15, 0.2) is 63.7 Å². The molecule has 0 bridgehead atoms. The number of methoxy groups -OCH3 is 1. The SMILES string of the molecule is CCc1ccccc1N=C1SC(=Cc2ccc3c(c2)OCO3)C(O)=C1C(=O)OC. The topological polar surface area (TPSA) is 77.4 Å². The summed E-state index contributed by atoms with van der Waals surface area (Å²) in [4.78, 5) is 17.5. The number of para-hydroxylation sites is 1. The van der Waals surface area contributed by atoms with Crippen LogP contribution in [0, 0.1) is 0 Å². The van der Waals surface area contributed by atoms with Crippen molar-refractivity contribution in [1.82, 2.24) is 0 Å². The third-order valence-corrected chi connectivity index (χ3v) is 5.59. The molecule has 0 fully saturated rings. The normalized spacial score (nSPS) is 18.0. The molecule has 0 aliphatic carbocycles. The minimum absolute atomic E-state index is 0.0652. The zero-order valence-electron chi connectivity index (χ0n) is 16.0. The van der Waals surface area contributed by atoms with Gasteiger partial charge in [-0.25, -0.2) is 9.79 Å². The number of thioether (sulfide) groups is 1. The standard InChI is InChI=1S/C22H19NO5S/c1-3-14-6-4-5-7-15(14)23-21-19(22(25)26-2)20(24)18(29-21)11-13-8-9-16-17(10-13)28-12-27-16/h4-11,24H,3,12H2,1-2H3. The number of ether oxygens (including phenoxy) is 3. The predicted octanol–water partition coefficient (Wildman–Crippen LogP) is 4.78. The third kappa shape index (κ3) is 3.73. The molecule has 0 aromatic heterocycles.